The standard InChI is InChI=1S/C11H14N4O5/c1-5(16)13-8-9(15(7(3)18)11(13)20)14(6(2)17)10(19)12(8)4/h8-9H,1-4H3/t8-,9+/m0/s1. The lowest BCUT2D eigenvalue weighted by Crippen LogP contribution is -2.50. The molecule has 0 unspecified atom stereocenters. The highest BCUT2D eigenvalue weighted by Gasteiger charge is 2.61. The van der Waals surface area contributed by atoms with Gasteiger partial charge in [0.2, 0.25) is 17.7 Å². The predicted molar refractivity (Wildman–Crippen MR) is 63.7 cm³/mol. The van der Waals surface area contributed by atoms with E-state index in [4.69, 9.17) is 0 Å². The summed E-state index contributed by atoms with van der Waals surface area (Å²) in [5.41, 5.74) is 0. The van der Waals surface area contributed by atoms with Crippen LogP contribution in [0.1, 0.15) is 20.8 Å². The molecule has 9 nitrogen and oxygen atoms in total. The van der Waals surface area contributed by atoms with Crippen LogP contribution in [-0.2, 0) is 14.4 Å². The van der Waals surface area contributed by atoms with Crippen molar-refractivity contribution in [1.82, 2.24) is 19.6 Å². The number of imide groups is 3. The van der Waals surface area contributed by atoms with Crippen LogP contribution in [0.5, 0.6) is 0 Å². The van der Waals surface area contributed by atoms with Gasteiger partial charge in [0.05, 0.1) is 0 Å². The molecule has 0 aromatic rings. The molecule has 2 saturated heterocycles. The maximum absolute atomic E-state index is 12.2. The van der Waals surface area contributed by atoms with Crippen LogP contribution >= 0.6 is 0 Å². The van der Waals surface area contributed by atoms with Gasteiger partial charge in [0.1, 0.15) is 0 Å². The molecule has 0 aromatic heterocycles. The summed E-state index contributed by atoms with van der Waals surface area (Å²) in [6.45, 7) is 3.46. The third-order valence-corrected chi connectivity index (χ3v) is 3.39. The van der Waals surface area contributed by atoms with Crippen LogP contribution in [0.15, 0.2) is 0 Å². The van der Waals surface area contributed by atoms with Crippen LogP contribution in [0.4, 0.5) is 9.59 Å². The third kappa shape index (κ3) is 1.59. The van der Waals surface area contributed by atoms with Crippen LogP contribution in [0, 0.1) is 0 Å². The van der Waals surface area contributed by atoms with Gasteiger partial charge in [0.15, 0.2) is 12.3 Å². The first-order valence-electron chi connectivity index (χ1n) is 5.90. The van der Waals surface area contributed by atoms with Crippen molar-refractivity contribution in [2.45, 2.75) is 33.1 Å². The number of amides is 7. The summed E-state index contributed by atoms with van der Waals surface area (Å²) >= 11 is 0. The summed E-state index contributed by atoms with van der Waals surface area (Å²) in [5, 5.41) is 0. The maximum Gasteiger partial charge on any atom is 0.337 e. The Bertz CT molecular complexity index is 533. The van der Waals surface area contributed by atoms with Gasteiger partial charge < -0.3 is 4.90 Å². The highest BCUT2D eigenvalue weighted by atomic mass is 16.2. The number of rotatable bonds is 0. The molecule has 7 amide bonds. The highest BCUT2D eigenvalue weighted by molar-refractivity contribution is 6.07. The van der Waals surface area contributed by atoms with Crippen molar-refractivity contribution in [3.63, 3.8) is 0 Å². The normalized spacial score (nSPS) is 25.4. The maximum atomic E-state index is 12.2. The van der Waals surface area contributed by atoms with Crippen LogP contribution in [0.3, 0.4) is 0 Å². The van der Waals surface area contributed by atoms with Gasteiger partial charge in [-0.25, -0.2) is 24.3 Å². The lowest BCUT2D eigenvalue weighted by Gasteiger charge is -2.24. The van der Waals surface area contributed by atoms with Crippen molar-refractivity contribution in [2.24, 2.45) is 0 Å². The Morgan fingerprint density at radius 2 is 1.10 bits per heavy atom. The molecule has 2 atom stereocenters. The largest absolute Gasteiger partial charge is 0.337 e. The van der Waals surface area contributed by atoms with E-state index in [0.717, 1.165) is 40.4 Å². The van der Waals surface area contributed by atoms with E-state index in [0.29, 0.717) is 0 Å². The first kappa shape index (κ1) is 14.0. The average Bonchev–Trinajstić information content (AvgIpc) is 2.72. The van der Waals surface area contributed by atoms with Gasteiger partial charge in [-0.05, 0) is 0 Å². The molecular formula is C11H14N4O5. The zero-order valence-corrected chi connectivity index (χ0v) is 11.5. The van der Waals surface area contributed by atoms with Crippen molar-refractivity contribution in [3.05, 3.63) is 0 Å². The molecule has 0 spiro atoms. The van der Waals surface area contributed by atoms with Gasteiger partial charge in [-0.1, -0.05) is 0 Å². The van der Waals surface area contributed by atoms with Crippen molar-refractivity contribution >= 4 is 29.8 Å². The van der Waals surface area contributed by atoms with E-state index < -0.39 is 42.1 Å². The number of fused-ring (bicyclic) bond motifs is 1. The van der Waals surface area contributed by atoms with E-state index >= 15 is 0 Å². The van der Waals surface area contributed by atoms with E-state index in [9.17, 15) is 24.0 Å². The Hall–Kier alpha value is -2.45. The van der Waals surface area contributed by atoms with Gasteiger partial charge in [0.25, 0.3) is 0 Å². The molecule has 2 aliphatic rings. The summed E-state index contributed by atoms with van der Waals surface area (Å²) in [4.78, 5) is 62.6. The molecule has 0 saturated carbocycles. The number of nitrogens with zero attached hydrogens (tertiary/aromatic N) is 4. The predicted octanol–water partition coefficient (Wildman–Crippen LogP) is -0.617. The molecule has 2 fully saturated rings. The molecule has 2 aliphatic heterocycles. The van der Waals surface area contributed by atoms with Gasteiger partial charge in [-0.3, -0.25) is 14.4 Å². The molecule has 0 aromatic carbocycles. The SMILES string of the molecule is CC(=O)N1C(=O)N(C)[C@@H]2[C@H]1N(C(C)=O)C(=O)N2C(C)=O. The summed E-state index contributed by atoms with van der Waals surface area (Å²) < 4.78 is 0. The lowest BCUT2D eigenvalue weighted by molar-refractivity contribution is -0.135. The number of carbonyl (C=O) groups is 5. The number of carbonyl (C=O) groups excluding carboxylic acids is 5. The first-order chi connectivity index (χ1) is 9.20. The minimum atomic E-state index is -1.11. The molecule has 2 heterocycles. The lowest BCUT2D eigenvalue weighted by atomic mass is 10.3. The minimum Gasteiger partial charge on any atom is -0.302 e. The van der Waals surface area contributed by atoms with E-state index in [1.165, 1.54) is 7.05 Å². The van der Waals surface area contributed by atoms with Gasteiger partial charge in [-0.15, -0.1) is 0 Å². The fourth-order valence-corrected chi connectivity index (χ4v) is 2.59. The zero-order valence-electron chi connectivity index (χ0n) is 11.5. The molecule has 0 radical (unpaired) electrons. The fourth-order valence-electron chi connectivity index (χ4n) is 2.59. The molecule has 0 N–H and O–H groups in total. The van der Waals surface area contributed by atoms with Gasteiger partial charge >= 0.3 is 12.1 Å². The van der Waals surface area contributed by atoms with Crippen molar-refractivity contribution in [2.75, 3.05) is 7.05 Å². The Balaban J connectivity index is 2.58. The zero-order chi connectivity index (χ0) is 15.4. The molecule has 0 aliphatic carbocycles. The molecule has 9 heteroatoms. The average molecular weight is 282 g/mol. The minimum absolute atomic E-state index is 0.598. The third-order valence-electron chi connectivity index (χ3n) is 3.39. The number of hydrogen-bond acceptors (Lipinski definition) is 5. The Morgan fingerprint density at radius 1 is 0.750 bits per heavy atom. The highest BCUT2D eigenvalue weighted by Crippen LogP contribution is 2.34. The molecule has 20 heavy (non-hydrogen) atoms. The number of hydrogen-bond donors (Lipinski definition) is 0. The second-order valence-corrected chi connectivity index (χ2v) is 4.67. The summed E-state index contributed by atoms with van der Waals surface area (Å²) in [7, 11) is 1.37. The number of urea groups is 2. The Labute approximate surface area is 114 Å². The van der Waals surface area contributed by atoms with Crippen molar-refractivity contribution in [1.29, 1.82) is 0 Å². The monoisotopic (exact) mass is 282 g/mol. The number of likely N-dealkylation sites (N-methyl/N-ethyl adjacent to an activating group) is 1. The summed E-state index contributed by atoms with van der Waals surface area (Å²) in [5.74, 6) is -1.83. The van der Waals surface area contributed by atoms with E-state index in [2.05, 4.69) is 0 Å². The van der Waals surface area contributed by atoms with Crippen LogP contribution < -0.4 is 0 Å². The van der Waals surface area contributed by atoms with Crippen LogP contribution in [0.25, 0.3) is 0 Å². The van der Waals surface area contributed by atoms with Crippen molar-refractivity contribution in [3.8, 4) is 0 Å². The van der Waals surface area contributed by atoms with Gasteiger partial charge in [0, 0.05) is 27.8 Å². The van der Waals surface area contributed by atoms with Crippen LogP contribution in [-0.4, -0.2) is 68.8 Å². The smallest absolute Gasteiger partial charge is 0.302 e. The Kier molecular flexibility index (Phi) is 2.99. The fraction of sp³-hybridized carbons (Fsp3) is 0.545. The second-order valence-electron chi connectivity index (χ2n) is 4.67. The van der Waals surface area contributed by atoms with Crippen LogP contribution in [0.2, 0.25) is 0 Å². The van der Waals surface area contributed by atoms with Crippen molar-refractivity contribution < 1.29 is 24.0 Å². The molecule has 0 bridgehead atoms. The molecule has 2 rings (SSSR count). The van der Waals surface area contributed by atoms with E-state index in [1.807, 2.05) is 0 Å². The second kappa shape index (κ2) is 4.29. The van der Waals surface area contributed by atoms with E-state index in [1.54, 1.807) is 0 Å². The topological polar surface area (TPSA) is 98.3 Å². The van der Waals surface area contributed by atoms with Gasteiger partial charge in [-0.2, -0.15) is 0 Å². The molecular weight excluding hydrogens is 268 g/mol. The summed E-state index contributed by atoms with van der Waals surface area (Å²) in [6, 6.07) is -1.48. The molecule has 108 valence electrons. The quantitative estimate of drug-likeness (QED) is 0.590. The van der Waals surface area contributed by atoms with E-state index in [-0.39, 0.29) is 0 Å². The Morgan fingerprint density at radius 3 is 1.50 bits per heavy atom. The first-order valence-corrected chi connectivity index (χ1v) is 5.90. The summed E-state index contributed by atoms with van der Waals surface area (Å²) in [6.07, 6.45) is -2.10.